The van der Waals surface area contributed by atoms with Crippen molar-refractivity contribution in [2.75, 3.05) is 24.5 Å². The highest BCUT2D eigenvalue weighted by Gasteiger charge is 2.30. The standard InChI is InChI=1S/C23H26ClN5O3/c1-13(2)16-7-5-6-8-18(16)29-21-17(11-14(3)19(24)25-21)20(26-22(29)30)28-10-9-27(23(31)32)12-15(28)4/h5-8,11,13,15H,9-10,12H2,1-4H3,(H,31,32). The number of piperazine rings is 1. The number of fused-ring (bicyclic) bond motifs is 1. The lowest BCUT2D eigenvalue weighted by Crippen LogP contribution is -2.54. The van der Waals surface area contributed by atoms with Crippen molar-refractivity contribution in [2.45, 2.75) is 39.7 Å². The van der Waals surface area contributed by atoms with E-state index in [2.05, 4.69) is 23.8 Å². The van der Waals surface area contributed by atoms with E-state index in [1.807, 2.05) is 49.1 Å². The summed E-state index contributed by atoms with van der Waals surface area (Å²) in [5.74, 6) is 0.700. The summed E-state index contributed by atoms with van der Waals surface area (Å²) in [6.07, 6.45) is -0.945. The Morgan fingerprint density at radius 1 is 1.22 bits per heavy atom. The van der Waals surface area contributed by atoms with Gasteiger partial charge in [-0.25, -0.2) is 19.1 Å². The number of carboxylic acid groups (broad SMARTS) is 1. The van der Waals surface area contributed by atoms with Gasteiger partial charge in [0.15, 0.2) is 5.65 Å². The van der Waals surface area contributed by atoms with Gasteiger partial charge in [0, 0.05) is 25.7 Å². The molecule has 3 heterocycles. The number of amides is 1. The lowest BCUT2D eigenvalue weighted by Gasteiger charge is -2.39. The normalized spacial score (nSPS) is 16.8. The Balaban J connectivity index is 1.96. The highest BCUT2D eigenvalue weighted by atomic mass is 35.5. The molecule has 0 bridgehead atoms. The van der Waals surface area contributed by atoms with Crippen LogP contribution in [0.1, 0.15) is 37.8 Å². The minimum absolute atomic E-state index is 0.148. The first kappa shape index (κ1) is 22.1. The maximum Gasteiger partial charge on any atom is 0.407 e. The molecule has 1 aliphatic rings. The second-order valence-electron chi connectivity index (χ2n) is 8.51. The van der Waals surface area contributed by atoms with Crippen LogP contribution in [-0.4, -0.2) is 56.3 Å². The summed E-state index contributed by atoms with van der Waals surface area (Å²) in [7, 11) is 0. The van der Waals surface area contributed by atoms with Crippen LogP contribution in [0.5, 0.6) is 0 Å². The number of nitrogens with zero attached hydrogens (tertiary/aromatic N) is 5. The minimum Gasteiger partial charge on any atom is -0.465 e. The number of anilines is 1. The quantitative estimate of drug-likeness (QED) is 0.599. The lowest BCUT2D eigenvalue weighted by molar-refractivity contribution is 0.136. The maximum absolute atomic E-state index is 13.4. The van der Waals surface area contributed by atoms with Crippen molar-refractivity contribution < 1.29 is 9.90 Å². The monoisotopic (exact) mass is 455 g/mol. The molecule has 1 aliphatic heterocycles. The van der Waals surface area contributed by atoms with E-state index in [1.54, 1.807) is 0 Å². The van der Waals surface area contributed by atoms with Gasteiger partial charge >= 0.3 is 11.8 Å². The van der Waals surface area contributed by atoms with E-state index in [1.165, 1.54) is 9.47 Å². The predicted molar refractivity (Wildman–Crippen MR) is 125 cm³/mol. The molecule has 2 aromatic heterocycles. The number of para-hydroxylation sites is 1. The van der Waals surface area contributed by atoms with E-state index in [-0.39, 0.29) is 12.0 Å². The van der Waals surface area contributed by atoms with Crippen molar-refractivity contribution in [3.05, 3.63) is 57.1 Å². The van der Waals surface area contributed by atoms with E-state index in [0.717, 1.165) is 16.8 Å². The zero-order valence-electron chi connectivity index (χ0n) is 18.5. The second kappa shape index (κ2) is 8.43. The highest BCUT2D eigenvalue weighted by molar-refractivity contribution is 6.30. The molecule has 168 valence electrons. The fourth-order valence-corrected chi connectivity index (χ4v) is 4.40. The summed E-state index contributed by atoms with van der Waals surface area (Å²) in [5.41, 5.74) is 2.51. The van der Waals surface area contributed by atoms with Crippen molar-refractivity contribution in [1.82, 2.24) is 19.4 Å². The Hall–Kier alpha value is -3.13. The van der Waals surface area contributed by atoms with Crippen LogP contribution in [-0.2, 0) is 0 Å². The van der Waals surface area contributed by atoms with Crippen LogP contribution in [0.2, 0.25) is 5.15 Å². The highest BCUT2D eigenvalue weighted by Crippen LogP contribution is 2.31. The topological polar surface area (TPSA) is 91.6 Å². The van der Waals surface area contributed by atoms with Crippen molar-refractivity contribution in [2.24, 2.45) is 0 Å². The Morgan fingerprint density at radius 2 is 1.94 bits per heavy atom. The zero-order chi connectivity index (χ0) is 23.2. The number of hydrogen-bond donors (Lipinski definition) is 1. The van der Waals surface area contributed by atoms with Crippen LogP contribution in [0.4, 0.5) is 10.6 Å². The summed E-state index contributed by atoms with van der Waals surface area (Å²) in [4.78, 5) is 37.2. The molecule has 32 heavy (non-hydrogen) atoms. The number of halogens is 1. The Morgan fingerprint density at radius 3 is 2.59 bits per heavy atom. The molecule has 1 unspecified atom stereocenters. The fourth-order valence-electron chi connectivity index (χ4n) is 4.27. The van der Waals surface area contributed by atoms with Crippen molar-refractivity contribution in [1.29, 1.82) is 0 Å². The third kappa shape index (κ3) is 3.79. The number of benzene rings is 1. The Labute approximate surface area is 191 Å². The van der Waals surface area contributed by atoms with Crippen molar-refractivity contribution in [3.8, 4) is 5.69 Å². The van der Waals surface area contributed by atoms with Gasteiger partial charge in [-0.15, -0.1) is 0 Å². The number of aryl methyl sites for hydroxylation is 1. The predicted octanol–water partition coefficient (Wildman–Crippen LogP) is 4.05. The average Bonchev–Trinajstić information content (AvgIpc) is 2.74. The molecule has 8 nitrogen and oxygen atoms in total. The fraction of sp³-hybridized carbons (Fsp3) is 0.391. The second-order valence-corrected chi connectivity index (χ2v) is 8.86. The Kier molecular flexibility index (Phi) is 5.81. The number of rotatable bonds is 3. The van der Waals surface area contributed by atoms with E-state index in [4.69, 9.17) is 11.6 Å². The molecule has 1 atom stereocenters. The molecule has 1 saturated heterocycles. The maximum atomic E-state index is 13.4. The molecule has 0 saturated carbocycles. The average molecular weight is 456 g/mol. The molecule has 1 fully saturated rings. The van der Waals surface area contributed by atoms with E-state index < -0.39 is 11.8 Å². The van der Waals surface area contributed by atoms with Crippen LogP contribution in [0, 0.1) is 6.92 Å². The summed E-state index contributed by atoms with van der Waals surface area (Å²) < 4.78 is 1.53. The van der Waals surface area contributed by atoms with Gasteiger partial charge in [-0.2, -0.15) is 4.98 Å². The van der Waals surface area contributed by atoms with Gasteiger partial charge in [0.25, 0.3) is 0 Å². The largest absolute Gasteiger partial charge is 0.465 e. The molecule has 1 aromatic carbocycles. The molecule has 4 rings (SSSR count). The van der Waals surface area contributed by atoms with Crippen molar-refractivity contribution in [3.63, 3.8) is 0 Å². The van der Waals surface area contributed by atoms with Gasteiger partial charge in [-0.05, 0) is 43.0 Å². The van der Waals surface area contributed by atoms with Crippen LogP contribution in [0.15, 0.2) is 35.1 Å². The SMILES string of the molecule is Cc1cc2c(N3CCN(C(=O)O)CC3C)nc(=O)n(-c3ccccc3C(C)C)c2nc1Cl. The molecule has 1 N–H and O–H groups in total. The molecule has 0 aliphatic carbocycles. The van der Waals surface area contributed by atoms with Gasteiger partial charge in [0.2, 0.25) is 0 Å². The van der Waals surface area contributed by atoms with Crippen molar-refractivity contribution >= 4 is 34.5 Å². The zero-order valence-corrected chi connectivity index (χ0v) is 19.3. The first-order valence-electron chi connectivity index (χ1n) is 10.6. The van der Waals surface area contributed by atoms with Crippen LogP contribution in [0.25, 0.3) is 16.7 Å². The molecular formula is C23H26ClN5O3. The first-order valence-corrected chi connectivity index (χ1v) is 11.0. The van der Waals surface area contributed by atoms with Gasteiger partial charge in [0.05, 0.1) is 11.1 Å². The summed E-state index contributed by atoms with van der Waals surface area (Å²) in [6.45, 7) is 9.04. The van der Waals surface area contributed by atoms with Crippen LogP contribution < -0.4 is 10.6 Å². The Bertz CT molecular complexity index is 1260. The summed E-state index contributed by atoms with van der Waals surface area (Å²) >= 11 is 6.39. The molecule has 1 amide bonds. The van der Waals surface area contributed by atoms with Gasteiger partial charge in [0.1, 0.15) is 11.0 Å². The third-order valence-electron chi connectivity index (χ3n) is 5.95. The summed E-state index contributed by atoms with van der Waals surface area (Å²) in [6, 6.07) is 9.47. The van der Waals surface area contributed by atoms with E-state index in [9.17, 15) is 14.7 Å². The number of aromatic nitrogens is 3. The minimum atomic E-state index is -0.945. The molecule has 3 aromatic rings. The number of carbonyl (C=O) groups is 1. The van der Waals surface area contributed by atoms with E-state index in [0.29, 0.717) is 41.6 Å². The van der Waals surface area contributed by atoms with Crippen LogP contribution >= 0.6 is 11.6 Å². The van der Waals surface area contributed by atoms with Gasteiger partial charge < -0.3 is 14.9 Å². The first-order chi connectivity index (χ1) is 15.2. The van der Waals surface area contributed by atoms with E-state index >= 15 is 0 Å². The molecule has 0 radical (unpaired) electrons. The summed E-state index contributed by atoms with van der Waals surface area (Å²) in [5, 5.41) is 10.4. The third-order valence-corrected chi connectivity index (χ3v) is 6.33. The molecular weight excluding hydrogens is 430 g/mol. The smallest absolute Gasteiger partial charge is 0.407 e. The molecule has 0 spiro atoms. The lowest BCUT2D eigenvalue weighted by atomic mass is 10.0. The number of hydrogen-bond acceptors (Lipinski definition) is 5. The van der Waals surface area contributed by atoms with Gasteiger partial charge in [-0.1, -0.05) is 43.6 Å². The molecule has 9 heteroatoms. The van der Waals surface area contributed by atoms with Gasteiger partial charge in [-0.3, -0.25) is 0 Å². The van der Waals surface area contributed by atoms with Crippen LogP contribution in [0.3, 0.4) is 0 Å². The number of pyridine rings is 1.